The number of hydrogen-bond acceptors (Lipinski definition) is 2. The van der Waals surface area contributed by atoms with Crippen molar-refractivity contribution in [3.05, 3.63) is 22.4 Å². The van der Waals surface area contributed by atoms with Crippen molar-refractivity contribution in [3.63, 3.8) is 0 Å². The van der Waals surface area contributed by atoms with Gasteiger partial charge < -0.3 is 10.6 Å². The molecule has 0 atom stereocenters. The van der Waals surface area contributed by atoms with Gasteiger partial charge in [0.1, 0.15) is 0 Å². The Kier molecular flexibility index (Phi) is 6.59. The van der Waals surface area contributed by atoms with Gasteiger partial charge in [-0.05, 0) is 31.2 Å². The van der Waals surface area contributed by atoms with Gasteiger partial charge in [0.15, 0.2) is 5.96 Å². The van der Waals surface area contributed by atoms with E-state index in [2.05, 4.69) is 48.9 Å². The van der Waals surface area contributed by atoms with Crippen molar-refractivity contribution in [3.8, 4) is 0 Å². The number of nitrogens with zero attached hydrogens (tertiary/aromatic N) is 1. The van der Waals surface area contributed by atoms with E-state index in [4.69, 9.17) is 4.99 Å². The van der Waals surface area contributed by atoms with Crippen molar-refractivity contribution in [1.29, 1.82) is 0 Å². The summed E-state index contributed by atoms with van der Waals surface area (Å²) in [5.74, 6) is 0.963. The summed E-state index contributed by atoms with van der Waals surface area (Å²) >= 11 is 1.81. The summed E-state index contributed by atoms with van der Waals surface area (Å²) in [4.78, 5) is 6.12. The van der Waals surface area contributed by atoms with Gasteiger partial charge in [0.25, 0.3) is 0 Å². The summed E-state index contributed by atoms with van der Waals surface area (Å²) in [5.41, 5.74) is 0.111. The lowest BCUT2D eigenvalue weighted by Crippen LogP contribution is -2.39. The summed E-state index contributed by atoms with van der Waals surface area (Å²) in [7, 11) is 0. The van der Waals surface area contributed by atoms with Crippen LogP contribution < -0.4 is 10.6 Å². The summed E-state index contributed by atoms with van der Waals surface area (Å²) in [5, 5.41) is 8.90. The Morgan fingerprint density at radius 3 is 2.74 bits per heavy atom. The lowest BCUT2D eigenvalue weighted by atomic mass is 9.92. The maximum absolute atomic E-state index is 4.72. The van der Waals surface area contributed by atoms with Gasteiger partial charge in [-0.15, -0.1) is 35.3 Å². The van der Waals surface area contributed by atoms with Crippen LogP contribution in [0.1, 0.15) is 38.5 Å². The molecule has 0 unspecified atom stereocenters. The molecule has 0 amide bonds. The average molecular weight is 393 g/mol. The van der Waals surface area contributed by atoms with Gasteiger partial charge >= 0.3 is 0 Å². The molecule has 0 saturated heterocycles. The van der Waals surface area contributed by atoms with Crippen molar-refractivity contribution >= 4 is 41.3 Å². The molecule has 0 radical (unpaired) electrons. The van der Waals surface area contributed by atoms with Crippen molar-refractivity contribution in [2.45, 2.75) is 45.1 Å². The standard InChI is InChI=1S/C14H23N3S.HI/c1-4-15-13(17-11-7-8-11)16-10-14(2,3)12-6-5-9-18-12;/h5-6,9,11H,4,7-8,10H2,1-3H3,(H2,15,16,17);1H. The van der Waals surface area contributed by atoms with Crippen LogP contribution in [0.3, 0.4) is 0 Å². The van der Waals surface area contributed by atoms with Gasteiger partial charge in [-0.3, -0.25) is 4.99 Å². The van der Waals surface area contributed by atoms with Gasteiger partial charge in [0, 0.05) is 22.9 Å². The number of rotatable bonds is 5. The second-order valence-corrected chi connectivity index (χ2v) is 6.42. The van der Waals surface area contributed by atoms with Crippen LogP contribution in [-0.2, 0) is 5.41 Å². The van der Waals surface area contributed by atoms with Crippen LogP contribution in [0.5, 0.6) is 0 Å². The van der Waals surface area contributed by atoms with Crippen molar-refractivity contribution in [1.82, 2.24) is 10.6 Å². The van der Waals surface area contributed by atoms with Gasteiger partial charge in [-0.2, -0.15) is 0 Å². The normalized spacial score (nSPS) is 15.8. The lowest BCUT2D eigenvalue weighted by Gasteiger charge is -2.21. The summed E-state index contributed by atoms with van der Waals surface area (Å²) in [6.07, 6.45) is 2.55. The summed E-state index contributed by atoms with van der Waals surface area (Å²) < 4.78 is 0. The van der Waals surface area contributed by atoms with E-state index in [9.17, 15) is 0 Å². The second-order valence-electron chi connectivity index (χ2n) is 5.47. The molecule has 108 valence electrons. The van der Waals surface area contributed by atoms with Gasteiger partial charge in [-0.1, -0.05) is 19.9 Å². The van der Waals surface area contributed by atoms with E-state index < -0.39 is 0 Å². The molecule has 1 aromatic heterocycles. The second kappa shape index (κ2) is 7.47. The van der Waals surface area contributed by atoms with Crippen LogP contribution in [0.25, 0.3) is 0 Å². The van der Waals surface area contributed by atoms with Crippen LogP contribution >= 0.6 is 35.3 Å². The maximum Gasteiger partial charge on any atom is 0.191 e. The Morgan fingerprint density at radius 2 is 2.21 bits per heavy atom. The molecule has 2 N–H and O–H groups in total. The number of aliphatic imine (C=N–C) groups is 1. The van der Waals surface area contributed by atoms with Crippen LogP contribution in [0, 0.1) is 0 Å². The first-order valence-corrected chi connectivity index (χ1v) is 7.58. The Hall–Kier alpha value is -0.300. The minimum Gasteiger partial charge on any atom is -0.357 e. The highest BCUT2D eigenvalue weighted by molar-refractivity contribution is 14.0. The zero-order chi connectivity index (χ0) is 13.0. The minimum absolute atomic E-state index is 0. The first kappa shape index (κ1) is 16.8. The third kappa shape index (κ3) is 5.30. The smallest absolute Gasteiger partial charge is 0.191 e. The topological polar surface area (TPSA) is 36.4 Å². The minimum atomic E-state index is 0. The molecule has 19 heavy (non-hydrogen) atoms. The molecular formula is C14H24IN3S. The Balaban J connectivity index is 0.00000180. The number of nitrogens with one attached hydrogen (secondary N) is 2. The van der Waals surface area contributed by atoms with Crippen molar-refractivity contribution < 1.29 is 0 Å². The molecule has 2 rings (SSSR count). The average Bonchev–Trinajstić information content (AvgIpc) is 2.96. The van der Waals surface area contributed by atoms with E-state index in [1.807, 2.05) is 11.3 Å². The molecule has 1 aliphatic rings. The summed E-state index contributed by atoms with van der Waals surface area (Å²) in [6, 6.07) is 4.95. The zero-order valence-corrected chi connectivity index (χ0v) is 15.0. The monoisotopic (exact) mass is 393 g/mol. The highest BCUT2D eigenvalue weighted by atomic mass is 127. The molecule has 0 aliphatic heterocycles. The first-order chi connectivity index (χ1) is 8.62. The van der Waals surface area contributed by atoms with Gasteiger partial charge in [0.05, 0.1) is 6.54 Å². The molecule has 1 aromatic rings. The lowest BCUT2D eigenvalue weighted by molar-refractivity contribution is 0.548. The largest absolute Gasteiger partial charge is 0.357 e. The van der Waals surface area contributed by atoms with Crippen molar-refractivity contribution in [2.24, 2.45) is 4.99 Å². The molecule has 1 saturated carbocycles. The predicted molar refractivity (Wildman–Crippen MR) is 94.9 cm³/mol. The number of halogens is 1. The molecule has 5 heteroatoms. The third-order valence-corrected chi connectivity index (χ3v) is 4.32. The molecular weight excluding hydrogens is 369 g/mol. The molecule has 3 nitrogen and oxygen atoms in total. The highest BCUT2D eigenvalue weighted by Gasteiger charge is 2.24. The first-order valence-electron chi connectivity index (χ1n) is 6.70. The summed E-state index contributed by atoms with van der Waals surface area (Å²) in [6.45, 7) is 8.34. The van der Waals surface area contributed by atoms with Crippen molar-refractivity contribution in [2.75, 3.05) is 13.1 Å². The fourth-order valence-corrected chi connectivity index (χ4v) is 2.60. The fourth-order valence-electron chi connectivity index (χ4n) is 1.76. The fraction of sp³-hybridized carbons (Fsp3) is 0.643. The number of thiophene rings is 1. The van der Waals surface area contributed by atoms with Crippen LogP contribution in [-0.4, -0.2) is 25.1 Å². The molecule has 1 fully saturated rings. The van der Waals surface area contributed by atoms with E-state index in [0.717, 1.165) is 19.0 Å². The quantitative estimate of drug-likeness (QED) is 0.457. The Bertz CT molecular complexity index is 397. The van der Waals surface area contributed by atoms with E-state index in [1.54, 1.807) is 0 Å². The highest BCUT2D eigenvalue weighted by Crippen LogP contribution is 2.27. The van der Waals surface area contributed by atoms with E-state index in [1.165, 1.54) is 17.7 Å². The predicted octanol–water partition coefficient (Wildman–Crippen LogP) is 3.36. The van der Waals surface area contributed by atoms with E-state index in [0.29, 0.717) is 6.04 Å². The van der Waals surface area contributed by atoms with Crippen LogP contribution in [0.2, 0.25) is 0 Å². The van der Waals surface area contributed by atoms with E-state index >= 15 is 0 Å². The number of hydrogen-bond donors (Lipinski definition) is 2. The Labute approximate surface area is 137 Å². The van der Waals surface area contributed by atoms with E-state index in [-0.39, 0.29) is 29.4 Å². The SMILES string of the molecule is CCNC(=NCC(C)(C)c1cccs1)NC1CC1.I. The molecule has 0 spiro atoms. The van der Waals surface area contributed by atoms with Crippen LogP contribution in [0.15, 0.2) is 22.5 Å². The van der Waals surface area contributed by atoms with Gasteiger partial charge in [-0.25, -0.2) is 0 Å². The Morgan fingerprint density at radius 1 is 1.47 bits per heavy atom. The number of guanidine groups is 1. The van der Waals surface area contributed by atoms with Gasteiger partial charge in [0.2, 0.25) is 0 Å². The molecule has 1 aliphatic carbocycles. The molecule has 0 aromatic carbocycles. The maximum atomic E-state index is 4.72. The molecule has 1 heterocycles. The molecule has 0 bridgehead atoms. The zero-order valence-electron chi connectivity index (χ0n) is 11.9. The van der Waals surface area contributed by atoms with Crippen LogP contribution in [0.4, 0.5) is 0 Å². The third-order valence-electron chi connectivity index (χ3n) is 3.08.